The van der Waals surface area contributed by atoms with Gasteiger partial charge in [0.15, 0.2) is 0 Å². The Labute approximate surface area is 354 Å². The van der Waals surface area contributed by atoms with Crippen LogP contribution in [-0.2, 0) is 19.1 Å². The predicted octanol–water partition coefficient (Wildman–Crippen LogP) is 15.3. The van der Waals surface area contributed by atoms with Gasteiger partial charge in [0.05, 0.1) is 12.0 Å². The monoisotopic (exact) mass is 810 g/mol. The molecule has 0 fully saturated rings. The van der Waals surface area contributed by atoms with Gasteiger partial charge in [0, 0.05) is 6.42 Å². The Morgan fingerprint density at radius 3 is 0.947 bits per heavy atom. The first kappa shape index (κ1) is 57.6. The number of unbranched alkanes of at least 4 members (excludes halogenated alkanes) is 32. The van der Waals surface area contributed by atoms with Gasteiger partial charge in [-0.1, -0.05) is 252 Å². The van der Waals surface area contributed by atoms with E-state index in [4.69, 9.17) is 10.8 Å². The second-order valence-electron chi connectivity index (χ2n) is 17.5. The second kappa shape index (κ2) is 45.6. The number of hydrogen-bond acceptors (Lipinski definition) is 6. The van der Waals surface area contributed by atoms with Crippen LogP contribution in [0.3, 0.4) is 0 Å². The van der Waals surface area contributed by atoms with Crippen molar-refractivity contribution >= 4 is 17.9 Å². The molecule has 7 nitrogen and oxygen atoms in total. The molecule has 0 saturated heterocycles. The maximum absolute atomic E-state index is 11.5. The van der Waals surface area contributed by atoms with Crippen LogP contribution in [0.1, 0.15) is 291 Å². The summed E-state index contributed by atoms with van der Waals surface area (Å²) in [6.45, 7) is 9.10. The van der Waals surface area contributed by atoms with Crippen molar-refractivity contribution in [2.45, 2.75) is 303 Å². The Hall–Kier alpha value is -1.47. The average molecular weight is 810 g/mol. The fourth-order valence-electron chi connectivity index (χ4n) is 7.76. The van der Waals surface area contributed by atoms with E-state index in [1.807, 2.05) is 0 Å². The van der Waals surface area contributed by atoms with Gasteiger partial charge in [0.2, 0.25) is 0 Å². The molecule has 0 aliphatic heterocycles. The summed E-state index contributed by atoms with van der Waals surface area (Å²) in [5.41, 5.74) is 4.98. The van der Waals surface area contributed by atoms with E-state index in [9.17, 15) is 19.5 Å². The highest BCUT2D eigenvalue weighted by Gasteiger charge is 2.25. The van der Waals surface area contributed by atoms with Crippen molar-refractivity contribution in [3.63, 3.8) is 0 Å². The zero-order chi connectivity index (χ0) is 42.5. The normalized spacial score (nSPS) is 12.0. The Bertz CT molecular complexity index is 848. The third kappa shape index (κ3) is 45.5. The molecule has 0 aliphatic carbocycles. The Kier molecular flexibility index (Phi) is 46.1. The van der Waals surface area contributed by atoms with Gasteiger partial charge in [-0.2, -0.15) is 0 Å². The smallest absolute Gasteiger partial charge is 0.331 e. The average Bonchev–Trinajstić information content (AvgIpc) is 3.18. The number of aliphatic carboxylic acids is 1. The molecule has 4 N–H and O–H groups in total. The quantitative estimate of drug-likeness (QED) is 0.0318. The molecule has 0 aromatic carbocycles. The molecule has 0 rings (SSSR count). The van der Waals surface area contributed by atoms with Gasteiger partial charge in [-0.25, -0.2) is 4.79 Å². The van der Waals surface area contributed by atoms with Crippen LogP contribution in [-0.4, -0.2) is 39.8 Å². The van der Waals surface area contributed by atoms with Crippen molar-refractivity contribution in [2.24, 2.45) is 5.73 Å². The van der Waals surface area contributed by atoms with E-state index in [-0.39, 0.29) is 12.0 Å². The van der Waals surface area contributed by atoms with Gasteiger partial charge in [0.1, 0.15) is 6.04 Å². The number of esters is 2. The second-order valence-corrected chi connectivity index (χ2v) is 17.5. The van der Waals surface area contributed by atoms with E-state index in [0.29, 0.717) is 6.42 Å². The summed E-state index contributed by atoms with van der Waals surface area (Å²) in [4.78, 5) is 33.4. The first-order valence-corrected chi connectivity index (χ1v) is 25.1. The minimum Gasteiger partial charge on any atom is -0.481 e. The molecule has 0 bridgehead atoms. The summed E-state index contributed by atoms with van der Waals surface area (Å²) in [7, 11) is 0. The number of carboxylic acid groups (broad SMARTS) is 1. The van der Waals surface area contributed by atoms with Gasteiger partial charge in [-0.3, -0.25) is 9.59 Å². The summed E-state index contributed by atoms with van der Waals surface area (Å²) >= 11 is 0. The van der Waals surface area contributed by atoms with E-state index >= 15 is 0 Å². The van der Waals surface area contributed by atoms with Crippen molar-refractivity contribution in [1.82, 2.24) is 0 Å². The molecule has 57 heavy (non-hydrogen) atoms. The lowest BCUT2D eigenvalue weighted by molar-refractivity contribution is -0.162. The van der Waals surface area contributed by atoms with Crippen molar-refractivity contribution in [3.05, 3.63) is 0 Å². The van der Waals surface area contributed by atoms with Crippen molar-refractivity contribution in [3.8, 4) is 0 Å². The number of carbonyl (C=O) groups is 3. The largest absolute Gasteiger partial charge is 0.481 e. The number of hydrogen-bond donors (Lipinski definition) is 3. The molecule has 7 heteroatoms. The highest BCUT2D eigenvalue weighted by Crippen LogP contribution is 2.29. The lowest BCUT2D eigenvalue weighted by atomic mass is 9.85. The lowest BCUT2D eigenvalue weighted by Gasteiger charge is -2.29. The summed E-state index contributed by atoms with van der Waals surface area (Å²) in [6.07, 6.45) is 49.7. The third-order valence-corrected chi connectivity index (χ3v) is 11.6. The number of carbonyl (C=O) groups excluding carboxylic acids is 2. The number of rotatable bonds is 43. The van der Waals surface area contributed by atoms with Crippen LogP contribution >= 0.6 is 0 Å². The van der Waals surface area contributed by atoms with Gasteiger partial charge in [-0.05, 0) is 25.7 Å². The standard InChI is InChI=1S/C28H58O.C22H41NO5/c1-4-7-10-13-16-17-18-21-24-27-28(29,25-22-19-14-11-8-5-2)26-23-20-15-12-9-6-3;1-2-3-4-5-6-7-8-9-10-11-12-13-14-15-16-17-21(26)28-22(27)19(23)18-20(24)25/h29H,4-27H2,1-3H3;19H,2-18,23H2,1H3,(H,24,25). The van der Waals surface area contributed by atoms with Crippen LogP contribution in [0.25, 0.3) is 0 Å². The molecule has 0 radical (unpaired) electrons. The first-order valence-electron chi connectivity index (χ1n) is 25.1. The molecule has 0 aromatic heterocycles. The molecule has 0 heterocycles. The Balaban J connectivity index is 0. The fourth-order valence-corrected chi connectivity index (χ4v) is 7.76. The van der Waals surface area contributed by atoms with Crippen molar-refractivity contribution < 1.29 is 29.3 Å². The van der Waals surface area contributed by atoms with Gasteiger partial charge in [-0.15, -0.1) is 0 Å². The summed E-state index contributed by atoms with van der Waals surface area (Å²) in [6, 6.07) is -1.29. The molecule has 1 atom stereocenters. The topological polar surface area (TPSA) is 127 Å². The van der Waals surface area contributed by atoms with E-state index < -0.39 is 30.4 Å². The molecule has 1 unspecified atom stereocenters. The number of ether oxygens (including phenoxy) is 1. The summed E-state index contributed by atoms with van der Waals surface area (Å²) in [5.74, 6) is -2.78. The SMILES string of the molecule is CCCCCCCCCCCC(O)(CCCCCCCC)CCCCCCCC.CCCCCCCCCCCCCCCCCC(=O)OC(=O)C(N)CC(=O)O. The lowest BCUT2D eigenvalue weighted by Crippen LogP contribution is -2.35. The van der Waals surface area contributed by atoms with E-state index in [1.54, 1.807) is 0 Å². The maximum Gasteiger partial charge on any atom is 0.331 e. The number of nitrogens with two attached hydrogens (primary N) is 1. The molecule has 0 aliphatic rings. The summed E-state index contributed by atoms with van der Waals surface area (Å²) in [5, 5.41) is 19.9. The van der Waals surface area contributed by atoms with E-state index in [2.05, 4.69) is 32.4 Å². The zero-order valence-corrected chi connectivity index (χ0v) is 38.7. The molecular weight excluding hydrogens is 711 g/mol. The van der Waals surface area contributed by atoms with Crippen molar-refractivity contribution in [2.75, 3.05) is 0 Å². The van der Waals surface area contributed by atoms with Crippen LogP contribution < -0.4 is 5.73 Å². The fraction of sp³-hybridized carbons (Fsp3) is 0.940. The molecule has 0 amide bonds. The van der Waals surface area contributed by atoms with Gasteiger partial charge >= 0.3 is 17.9 Å². The Morgan fingerprint density at radius 1 is 0.439 bits per heavy atom. The molecule has 0 saturated carbocycles. The summed E-state index contributed by atoms with van der Waals surface area (Å²) < 4.78 is 4.57. The number of carboxylic acids is 1. The molecule has 340 valence electrons. The van der Waals surface area contributed by atoms with Gasteiger partial charge in [0.25, 0.3) is 0 Å². The van der Waals surface area contributed by atoms with Crippen LogP contribution in [0.2, 0.25) is 0 Å². The van der Waals surface area contributed by atoms with Crippen molar-refractivity contribution in [1.29, 1.82) is 0 Å². The van der Waals surface area contributed by atoms with Crippen LogP contribution in [0.4, 0.5) is 0 Å². The minimum absolute atomic E-state index is 0.170. The predicted molar refractivity (Wildman–Crippen MR) is 244 cm³/mol. The maximum atomic E-state index is 11.5. The molecule has 0 aromatic rings. The van der Waals surface area contributed by atoms with Crippen LogP contribution in [0, 0.1) is 0 Å². The number of aliphatic hydroxyl groups is 1. The Morgan fingerprint density at radius 2 is 0.684 bits per heavy atom. The zero-order valence-electron chi connectivity index (χ0n) is 38.7. The highest BCUT2D eigenvalue weighted by molar-refractivity contribution is 5.90. The first-order chi connectivity index (χ1) is 27.7. The minimum atomic E-state index is -1.29. The van der Waals surface area contributed by atoms with Gasteiger partial charge < -0.3 is 20.7 Å². The van der Waals surface area contributed by atoms with E-state index in [1.165, 1.54) is 212 Å². The van der Waals surface area contributed by atoms with Crippen LogP contribution in [0.5, 0.6) is 0 Å². The third-order valence-electron chi connectivity index (χ3n) is 11.6. The molecule has 0 spiro atoms. The van der Waals surface area contributed by atoms with E-state index in [0.717, 1.165) is 32.1 Å². The molecular formula is C50H99NO6. The highest BCUT2D eigenvalue weighted by atomic mass is 16.6. The van der Waals surface area contributed by atoms with Crippen LogP contribution in [0.15, 0.2) is 0 Å².